The van der Waals surface area contributed by atoms with Gasteiger partial charge in [-0.3, -0.25) is 0 Å². The molecular weight excluding hydrogens is 222 g/mol. The zero-order chi connectivity index (χ0) is 11.1. The van der Waals surface area contributed by atoms with Gasteiger partial charge in [0.1, 0.15) is 6.07 Å². The van der Waals surface area contributed by atoms with Gasteiger partial charge in [-0.05, 0) is 30.6 Å². The van der Waals surface area contributed by atoms with Crippen molar-refractivity contribution in [2.75, 3.05) is 12.0 Å². The van der Waals surface area contributed by atoms with Gasteiger partial charge in [0.05, 0.1) is 5.56 Å². The number of thioether (sulfide) groups is 2. The van der Waals surface area contributed by atoms with Crippen LogP contribution in [0, 0.1) is 11.3 Å². The van der Waals surface area contributed by atoms with Crippen molar-refractivity contribution >= 4 is 23.5 Å². The first kappa shape index (κ1) is 12.5. The second-order valence-corrected chi connectivity index (χ2v) is 5.13. The van der Waals surface area contributed by atoms with Crippen molar-refractivity contribution in [1.82, 2.24) is 0 Å². The van der Waals surface area contributed by atoms with Crippen LogP contribution in [0.5, 0.6) is 0 Å². The lowest BCUT2D eigenvalue weighted by Crippen LogP contribution is -1.86. The van der Waals surface area contributed by atoms with Gasteiger partial charge in [0.2, 0.25) is 0 Å². The number of unbranched alkanes of at least 4 members (excludes halogenated alkanes) is 1. The zero-order valence-corrected chi connectivity index (χ0v) is 10.8. The topological polar surface area (TPSA) is 23.8 Å². The van der Waals surface area contributed by atoms with Gasteiger partial charge in [0, 0.05) is 9.79 Å². The number of hydrogen-bond acceptors (Lipinski definition) is 3. The Morgan fingerprint density at radius 3 is 2.67 bits per heavy atom. The predicted molar refractivity (Wildman–Crippen MR) is 68.6 cm³/mol. The van der Waals surface area contributed by atoms with Crippen LogP contribution in [0.25, 0.3) is 0 Å². The van der Waals surface area contributed by atoms with E-state index in [-0.39, 0.29) is 0 Å². The summed E-state index contributed by atoms with van der Waals surface area (Å²) in [6.07, 6.45) is 4.42. The Bertz CT molecular complexity index is 355. The molecule has 0 aliphatic rings. The molecule has 1 aromatic carbocycles. The van der Waals surface area contributed by atoms with E-state index in [4.69, 9.17) is 5.26 Å². The van der Waals surface area contributed by atoms with E-state index in [0.29, 0.717) is 0 Å². The Morgan fingerprint density at radius 2 is 2.07 bits per heavy atom. The maximum atomic E-state index is 9.11. The van der Waals surface area contributed by atoms with Crippen LogP contribution in [0.1, 0.15) is 25.3 Å². The molecule has 1 nitrogen and oxygen atoms in total. The summed E-state index contributed by atoms with van der Waals surface area (Å²) in [7, 11) is 0. The highest BCUT2D eigenvalue weighted by atomic mass is 32.2. The first-order valence-electron chi connectivity index (χ1n) is 5.03. The number of nitrogens with zero attached hydrogens (tertiary/aromatic N) is 1. The van der Waals surface area contributed by atoms with Crippen LogP contribution < -0.4 is 0 Å². The summed E-state index contributed by atoms with van der Waals surface area (Å²) in [5.74, 6) is 1.10. The molecule has 0 bridgehead atoms. The molecule has 0 amide bonds. The minimum atomic E-state index is 0.839. The van der Waals surface area contributed by atoms with Crippen molar-refractivity contribution in [3.8, 4) is 6.07 Å². The van der Waals surface area contributed by atoms with Gasteiger partial charge in [-0.15, -0.1) is 23.5 Å². The normalized spacial score (nSPS) is 9.93. The summed E-state index contributed by atoms with van der Waals surface area (Å²) in [4.78, 5) is 2.21. The maximum absolute atomic E-state index is 9.11. The largest absolute Gasteiger partial charge is 0.192 e. The molecule has 0 N–H and O–H groups in total. The standard InChI is InChI=1S/C12H15NS2/c1-3-4-8-15-12-7-5-6-11(14-2)10(12)9-13/h5-7H,3-4,8H2,1-2H3. The molecule has 0 saturated heterocycles. The highest BCUT2D eigenvalue weighted by Gasteiger charge is 2.06. The molecule has 3 heteroatoms. The Balaban J connectivity index is 2.83. The van der Waals surface area contributed by atoms with Gasteiger partial charge in [0.25, 0.3) is 0 Å². The highest BCUT2D eigenvalue weighted by Crippen LogP contribution is 2.30. The van der Waals surface area contributed by atoms with E-state index >= 15 is 0 Å². The Labute approximate surface area is 100 Å². The van der Waals surface area contributed by atoms with E-state index in [1.54, 1.807) is 23.5 Å². The van der Waals surface area contributed by atoms with Gasteiger partial charge in [-0.25, -0.2) is 0 Å². The van der Waals surface area contributed by atoms with E-state index in [9.17, 15) is 0 Å². The van der Waals surface area contributed by atoms with E-state index in [0.717, 1.165) is 21.1 Å². The fourth-order valence-electron chi connectivity index (χ4n) is 1.24. The molecular formula is C12H15NS2. The summed E-state index contributed by atoms with van der Waals surface area (Å²) >= 11 is 3.43. The Kier molecular flexibility index (Phi) is 5.67. The summed E-state index contributed by atoms with van der Waals surface area (Å²) < 4.78 is 0. The summed E-state index contributed by atoms with van der Waals surface area (Å²) in [5, 5.41) is 9.11. The highest BCUT2D eigenvalue weighted by molar-refractivity contribution is 7.99. The molecule has 1 aromatic rings. The van der Waals surface area contributed by atoms with Crippen molar-refractivity contribution < 1.29 is 0 Å². The van der Waals surface area contributed by atoms with Gasteiger partial charge in [-0.2, -0.15) is 5.26 Å². The van der Waals surface area contributed by atoms with Gasteiger partial charge in [0.15, 0.2) is 0 Å². The number of nitriles is 1. The van der Waals surface area contributed by atoms with Crippen molar-refractivity contribution in [3.63, 3.8) is 0 Å². The number of benzene rings is 1. The van der Waals surface area contributed by atoms with Crippen LogP contribution in [-0.4, -0.2) is 12.0 Å². The molecule has 0 aliphatic carbocycles. The number of rotatable bonds is 5. The average molecular weight is 237 g/mol. The molecule has 1 rings (SSSR count). The third-order valence-electron chi connectivity index (χ3n) is 2.08. The quantitative estimate of drug-likeness (QED) is 0.567. The van der Waals surface area contributed by atoms with Crippen LogP contribution in [-0.2, 0) is 0 Å². The molecule has 0 saturated carbocycles. The van der Waals surface area contributed by atoms with Crippen LogP contribution in [0.15, 0.2) is 28.0 Å². The summed E-state index contributed by atoms with van der Waals surface area (Å²) in [6, 6.07) is 8.38. The lowest BCUT2D eigenvalue weighted by Gasteiger charge is -2.06. The van der Waals surface area contributed by atoms with Gasteiger partial charge in [-0.1, -0.05) is 19.4 Å². The van der Waals surface area contributed by atoms with Crippen LogP contribution in [0.4, 0.5) is 0 Å². The molecule has 0 atom stereocenters. The Hall–Kier alpha value is -0.590. The lowest BCUT2D eigenvalue weighted by atomic mass is 10.2. The van der Waals surface area contributed by atoms with E-state index in [1.165, 1.54) is 12.8 Å². The smallest absolute Gasteiger partial charge is 0.101 e. The van der Waals surface area contributed by atoms with E-state index in [2.05, 4.69) is 13.0 Å². The molecule has 0 unspecified atom stereocenters. The predicted octanol–water partition coefficient (Wildman–Crippen LogP) is 4.17. The Morgan fingerprint density at radius 1 is 1.33 bits per heavy atom. The second kappa shape index (κ2) is 6.81. The second-order valence-electron chi connectivity index (χ2n) is 3.15. The van der Waals surface area contributed by atoms with E-state index < -0.39 is 0 Å². The monoisotopic (exact) mass is 237 g/mol. The van der Waals surface area contributed by atoms with Crippen molar-refractivity contribution in [2.24, 2.45) is 0 Å². The fourth-order valence-corrected chi connectivity index (χ4v) is 3.00. The molecule has 0 spiro atoms. The molecule has 0 radical (unpaired) electrons. The first-order chi connectivity index (χ1) is 7.33. The first-order valence-corrected chi connectivity index (χ1v) is 7.24. The minimum absolute atomic E-state index is 0.839. The third-order valence-corrected chi connectivity index (χ3v) is 4.00. The molecule has 15 heavy (non-hydrogen) atoms. The fraction of sp³-hybridized carbons (Fsp3) is 0.417. The van der Waals surface area contributed by atoms with Crippen molar-refractivity contribution in [2.45, 2.75) is 29.6 Å². The average Bonchev–Trinajstić information content (AvgIpc) is 2.29. The number of hydrogen-bond donors (Lipinski definition) is 0. The zero-order valence-electron chi connectivity index (χ0n) is 9.12. The molecule has 80 valence electrons. The molecule has 0 aromatic heterocycles. The maximum Gasteiger partial charge on any atom is 0.101 e. The minimum Gasteiger partial charge on any atom is -0.192 e. The van der Waals surface area contributed by atoms with Crippen LogP contribution in [0.2, 0.25) is 0 Å². The van der Waals surface area contributed by atoms with Crippen LogP contribution in [0.3, 0.4) is 0 Å². The van der Waals surface area contributed by atoms with Crippen LogP contribution >= 0.6 is 23.5 Å². The molecule has 0 heterocycles. The van der Waals surface area contributed by atoms with Crippen molar-refractivity contribution in [3.05, 3.63) is 23.8 Å². The van der Waals surface area contributed by atoms with Crippen molar-refractivity contribution in [1.29, 1.82) is 5.26 Å². The third kappa shape index (κ3) is 3.48. The molecule has 0 fully saturated rings. The summed E-state index contributed by atoms with van der Waals surface area (Å²) in [5.41, 5.74) is 0.839. The molecule has 0 aliphatic heterocycles. The van der Waals surface area contributed by atoms with E-state index in [1.807, 2.05) is 24.5 Å². The lowest BCUT2D eigenvalue weighted by molar-refractivity contribution is 0.896. The van der Waals surface area contributed by atoms with Gasteiger partial charge >= 0.3 is 0 Å². The SMILES string of the molecule is CCCCSc1cccc(SC)c1C#N. The summed E-state index contributed by atoms with van der Waals surface area (Å²) in [6.45, 7) is 2.18. The van der Waals surface area contributed by atoms with Gasteiger partial charge < -0.3 is 0 Å².